The number of nitrogens with zero attached hydrogens (tertiary/aromatic N) is 1. The second kappa shape index (κ2) is 6.88. The van der Waals surface area contributed by atoms with Gasteiger partial charge in [0.2, 0.25) is 5.91 Å². The fourth-order valence-electron chi connectivity index (χ4n) is 2.07. The number of hydrogen-bond donors (Lipinski definition) is 2. The van der Waals surface area contributed by atoms with Crippen molar-refractivity contribution >= 4 is 17.2 Å². The van der Waals surface area contributed by atoms with Crippen LogP contribution in [0.1, 0.15) is 70.1 Å². The molecule has 0 radical (unpaired) electrons. The molecule has 1 rings (SSSR count). The van der Waals surface area contributed by atoms with Crippen LogP contribution < -0.4 is 10.6 Å². The summed E-state index contributed by atoms with van der Waals surface area (Å²) in [5.41, 5.74) is 1.12. The molecule has 0 fully saturated rings. The fourth-order valence-corrected chi connectivity index (χ4v) is 3.20. The Morgan fingerprint density at radius 2 is 1.76 bits per heavy atom. The summed E-state index contributed by atoms with van der Waals surface area (Å²) in [4.78, 5) is 17.9. The van der Waals surface area contributed by atoms with E-state index in [1.807, 2.05) is 27.7 Å². The highest BCUT2D eigenvalue weighted by molar-refractivity contribution is 7.12. The number of nitrogens with one attached hydrogen (secondary N) is 2. The zero-order valence-corrected chi connectivity index (χ0v) is 15.3. The Morgan fingerprint density at radius 3 is 2.19 bits per heavy atom. The predicted octanol–water partition coefficient (Wildman–Crippen LogP) is 3.31. The Kier molecular flexibility index (Phi) is 5.93. The maximum absolute atomic E-state index is 12.0. The largest absolute Gasteiger partial charge is 0.353 e. The van der Waals surface area contributed by atoms with Gasteiger partial charge >= 0.3 is 0 Å². The number of rotatable bonds is 5. The van der Waals surface area contributed by atoms with Crippen molar-refractivity contribution in [2.24, 2.45) is 0 Å². The van der Waals surface area contributed by atoms with Crippen LogP contribution in [0.4, 0.5) is 0 Å². The Hall–Kier alpha value is -0.940. The molecule has 5 heteroatoms. The zero-order valence-electron chi connectivity index (χ0n) is 14.5. The van der Waals surface area contributed by atoms with E-state index in [0.29, 0.717) is 0 Å². The summed E-state index contributed by atoms with van der Waals surface area (Å²) in [7, 11) is 0. The molecule has 1 aromatic rings. The minimum atomic E-state index is -0.220. The molecular weight excluding hydrogens is 282 g/mol. The number of carbonyl (C=O) groups is 1. The van der Waals surface area contributed by atoms with Gasteiger partial charge in [-0.15, -0.1) is 11.3 Å². The summed E-state index contributed by atoms with van der Waals surface area (Å²) >= 11 is 1.74. The van der Waals surface area contributed by atoms with Crippen molar-refractivity contribution in [1.82, 2.24) is 15.6 Å². The summed E-state index contributed by atoms with van der Waals surface area (Å²) in [6.45, 7) is 16.5. The second-order valence-corrected chi connectivity index (χ2v) is 8.02. The summed E-state index contributed by atoms with van der Waals surface area (Å²) in [6.07, 6.45) is 0. The van der Waals surface area contributed by atoms with Crippen molar-refractivity contribution in [2.45, 2.75) is 78.9 Å². The SMILES string of the molecule is Cc1nc(C(C)(C)C)sc1C(C)NC(C)C(=O)NC(C)C. The van der Waals surface area contributed by atoms with Gasteiger partial charge in [0.15, 0.2) is 0 Å². The molecule has 21 heavy (non-hydrogen) atoms. The standard InChI is InChI=1S/C16H29N3OS/c1-9(2)17-14(20)12(5)18-10(3)13-11(4)19-15(21-13)16(6,7)8/h9-10,12,18H,1-8H3,(H,17,20). The van der Waals surface area contributed by atoms with Gasteiger partial charge in [0.05, 0.1) is 16.7 Å². The van der Waals surface area contributed by atoms with Crippen LogP contribution in [-0.2, 0) is 10.2 Å². The lowest BCUT2D eigenvalue weighted by Crippen LogP contribution is -2.45. The first kappa shape index (κ1) is 18.1. The minimum Gasteiger partial charge on any atom is -0.353 e. The van der Waals surface area contributed by atoms with Gasteiger partial charge in [-0.05, 0) is 34.6 Å². The number of amides is 1. The Bertz CT molecular complexity index is 488. The van der Waals surface area contributed by atoms with Gasteiger partial charge in [-0.25, -0.2) is 4.98 Å². The molecule has 0 saturated carbocycles. The third kappa shape index (κ3) is 5.08. The third-order valence-electron chi connectivity index (χ3n) is 3.19. The van der Waals surface area contributed by atoms with E-state index in [1.54, 1.807) is 11.3 Å². The van der Waals surface area contributed by atoms with Crippen molar-refractivity contribution in [2.75, 3.05) is 0 Å². The Morgan fingerprint density at radius 1 is 1.19 bits per heavy atom. The maximum Gasteiger partial charge on any atom is 0.237 e. The lowest BCUT2D eigenvalue weighted by atomic mass is 9.98. The van der Waals surface area contributed by atoms with Gasteiger partial charge in [-0.1, -0.05) is 20.8 Å². The molecular formula is C16H29N3OS. The summed E-state index contributed by atoms with van der Waals surface area (Å²) in [5.74, 6) is 0.0371. The topological polar surface area (TPSA) is 54.0 Å². The van der Waals surface area contributed by atoms with E-state index in [-0.39, 0.29) is 29.4 Å². The second-order valence-electron chi connectivity index (χ2n) is 6.99. The molecule has 1 heterocycles. The number of hydrogen-bond acceptors (Lipinski definition) is 4. The minimum absolute atomic E-state index is 0.0371. The van der Waals surface area contributed by atoms with E-state index in [4.69, 9.17) is 0 Å². The monoisotopic (exact) mass is 311 g/mol. The fraction of sp³-hybridized carbons (Fsp3) is 0.750. The van der Waals surface area contributed by atoms with Crippen LogP contribution in [0.3, 0.4) is 0 Å². The van der Waals surface area contributed by atoms with Crippen molar-refractivity contribution in [3.8, 4) is 0 Å². The van der Waals surface area contributed by atoms with Crippen molar-refractivity contribution in [1.29, 1.82) is 0 Å². The lowest BCUT2D eigenvalue weighted by Gasteiger charge is -2.20. The third-order valence-corrected chi connectivity index (χ3v) is 4.96. The van der Waals surface area contributed by atoms with Gasteiger partial charge in [-0.3, -0.25) is 10.1 Å². The van der Waals surface area contributed by atoms with Gasteiger partial charge in [-0.2, -0.15) is 0 Å². The van der Waals surface area contributed by atoms with E-state index >= 15 is 0 Å². The van der Waals surface area contributed by atoms with E-state index in [1.165, 1.54) is 4.88 Å². The molecule has 2 atom stereocenters. The van der Waals surface area contributed by atoms with Crippen molar-refractivity contribution in [3.63, 3.8) is 0 Å². The van der Waals surface area contributed by atoms with Crippen LogP contribution >= 0.6 is 11.3 Å². The highest BCUT2D eigenvalue weighted by atomic mass is 32.1. The van der Waals surface area contributed by atoms with Crippen LogP contribution in [0.5, 0.6) is 0 Å². The summed E-state index contributed by atoms with van der Waals surface area (Å²) < 4.78 is 0. The molecule has 0 aliphatic rings. The first-order valence-corrected chi connectivity index (χ1v) is 8.38. The molecule has 2 unspecified atom stereocenters. The van der Waals surface area contributed by atoms with Crippen LogP contribution in [0, 0.1) is 6.92 Å². The smallest absolute Gasteiger partial charge is 0.237 e. The zero-order chi connectivity index (χ0) is 16.4. The van der Waals surface area contributed by atoms with E-state index in [0.717, 1.165) is 10.7 Å². The predicted molar refractivity (Wildman–Crippen MR) is 89.8 cm³/mol. The molecule has 0 aromatic carbocycles. The molecule has 1 aromatic heterocycles. The van der Waals surface area contributed by atoms with Gasteiger partial charge in [0, 0.05) is 22.4 Å². The average Bonchev–Trinajstić information content (AvgIpc) is 2.70. The summed E-state index contributed by atoms with van der Waals surface area (Å²) in [6, 6.07) is 0.0585. The van der Waals surface area contributed by atoms with Crippen LogP contribution in [0.2, 0.25) is 0 Å². The van der Waals surface area contributed by atoms with Gasteiger partial charge in [0.25, 0.3) is 0 Å². The molecule has 0 bridgehead atoms. The number of carbonyl (C=O) groups excluding carboxylic acids is 1. The molecule has 1 amide bonds. The summed E-state index contributed by atoms with van der Waals surface area (Å²) in [5, 5.41) is 7.44. The van der Waals surface area contributed by atoms with Gasteiger partial charge in [0.1, 0.15) is 0 Å². The van der Waals surface area contributed by atoms with E-state index in [9.17, 15) is 4.79 Å². The number of aromatic nitrogens is 1. The molecule has 4 nitrogen and oxygen atoms in total. The molecule has 0 saturated heterocycles. The Labute approximate surface area is 132 Å². The van der Waals surface area contributed by atoms with Crippen LogP contribution in [-0.4, -0.2) is 23.0 Å². The lowest BCUT2D eigenvalue weighted by molar-refractivity contribution is -0.123. The first-order chi connectivity index (χ1) is 9.52. The maximum atomic E-state index is 12.0. The highest BCUT2D eigenvalue weighted by Crippen LogP contribution is 2.32. The van der Waals surface area contributed by atoms with E-state index in [2.05, 4.69) is 43.3 Å². The first-order valence-electron chi connectivity index (χ1n) is 7.56. The highest BCUT2D eigenvalue weighted by Gasteiger charge is 2.24. The van der Waals surface area contributed by atoms with Crippen molar-refractivity contribution in [3.05, 3.63) is 15.6 Å². The number of aryl methyl sites for hydroxylation is 1. The number of thiazole rings is 1. The Balaban J connectivity index is 2.78. The normalized spacial score (nSPS) is 15.1. The van der Waals surface area contributed by atoms with Crippen LogP contribution in [0.15, 0.2) is 0 Å². The molecule has 120 valence electrons. The van der Waals surface area contributed by atoms with Gasteiger partial charge < -0.3 is 5.32 Å². The molecule has 0 aliphatic heterocycles. The quantitative estimate of drug-likeness (QED) is 0.877. The van der Waals surface area contributed by atoms with E-state index < -0.39 is 0 Å². The average molecular weight is 311 g/mol. The van der Waals surface area contributed by atoms with Crippen molar-refractivity contribution < 1.29 is 4.79 Å². The molecule has 0 spiro atoms. The molecule has 2 N–H and O–H groups in total. The van der Waals surface area contributed by atoms with Crippen LogP contribution in [0.25, 0.3) is 0 Å². The molecule has 0 aliphatic carbocycles.